The van der Waals surface area contributed by atoms with Crippen LogP contribution in [0.15, 0.2) is 60.7 Å². The molecule has 0 spiro atoms. The van der Waals surface area contributed by atoms with E-state index in [1.54, 1.807) is 0 Å². The van der Waals surface area contributed by atoms with E-state index >= 15 is 0 Å². The normalized spacial score (nSPS) is 11.8. The monoisotopic (exact) mass is 490 g/mol. The number of hydrogen-bond donors (Lipinski definition) is 0. The van der Waals surface area contributed by atoms with Crippen molar-refractivity contribution in [2.45, 2.75) is 48.9 Å². The fourth-order valence-corrected chi connectivity index (χ4v) is 7.65. The average molecular weight is 490 g/mol. The maximum atomic E-state index is 5.99. The van der Waals surface area contributed by atoms with Gasteiger partial charge in [-0.2, -0.15) is 0 Å². The minimum atomic E-state index is -3.09. The van der Waals surface area contributed by atoms with Gasteiger partial charge in [0.25, 0.3) is 0 Å². The molecule has 0 aliphatic rings. The Morgan fingerprint density at radius 3 is 1.58 bits per heavy atom. The molecule has 2 rings (SSSR count). The van der Waals surface area contributed by atoms with Gasteiger partial charge in [-0.15, -0.1) is 0 Å². The van der Waals surface area contributed by atoms with Crippen LogP contribution in [0.25, 0.3) is 0 Å². The van der Waals surface area contributed by atoms with E-state index in [1.807, 2.05) is 0 Å². The molecule has 0 heterocycles. The van der Waals surface area contributed by atoms with Crippen LogP contribution < -0.4 is 0 Å². The van der Waals surface area contributed by atoms with E-state index in [4.69, 9.17) is 26.8 Å². The van der Waals surface area contributed by atoms with E-state index in [-0.39, 0.29) is 0 Å². The zero-order chi connectivity index (χ0) is 17.3. The van der Waals surface area contributed by atoms with Gasteiger partial charge in [-0.1, -0.05) is 0 Å². The zero-order valence-corrected chi connectivity index (χ0v) is 19.1. The van der Waals surface area contributed by atoms with Crippen LogP contribution in [0.4, 0.5) is 0 Å². The number of halogens is 3. The Kier molecular flexibility index (Phi) is 9.32. The Morgan fingerprint density at radius 1 is 0.625 bits per heavy atom. The van der Waals surface area contributed by atoms with Crippen LogP contribution in [-0.2, 0) is 0 Å². The number of unbranched alkanes of at least 4 members (excludes halogenated alkanes) is 4. The first-order valence-corrected chi connectivity index (χ1v) is 21.6. The molecule has 0 saturated heterocycles. The predicted octanol–water partition coefficient (Wildman–Crippen LogP) is 7.81. The Hall–Kier alpha value is 0.109. The van der Waals surface area contributed by atoms with Crippen LogP contribution in [0.2, 0.25) is 4.44 Å². The third-order valence-electron chi connectivity index (χ3n) is 4.36. The summed E-state index contributed by atoms with van der Waals surface area (Å²) >= 11 is -3.09. The maximum absolute atomic E-state index is 5.99. The van der Waals surface area contributed by atoms with Crippen LogP contribution in [0.3, 0.4) is 0 Å². The third kappa shape index (κ3) is 7.99. The summed E-state index contributed by atoms with van der Waals surface area (Å²) in [5.41, 5.74) is 2.82. The molecule has 0 aromatic heterocycles. The molecule has 0 saturated carbocycles. The van der Waals surface area contributed by atoms with Crippen LogP contribution in [-0.4, -0.2) is 15.0 Å². The Balaban J connectivity index is 1.80. The van der Waals surface area contributed by atoms with Crippen LogP contribution in [0.5, 0.6) is 0 Å². The van der Waals surface area contributed by atoms with Gasteiger partial charge in [0, 0.05) is 0 Å². The molecule has 0 atom stereocenters. The Labute approximate surface area is 161 Å². The van der Waals surface area contributed by atoms with Gasteiger partial charge < -0.3 is 0 Å². The first kappa shape index (κ1) is 20.4. The van der Waals surface area contributed by atoms with Crippen molar-refractivity contribution in [2.24, 2.45) is 0 Å². The van der Waals surface area contributed by atoms with E-state index in [1.165, 1.54) is 43.2 Å². The average Bonchev–Trinajstić information content (AvgIpc) is 2.58. The second kappa shape index (κ2) is 11.0. The van der Waals surface area contributed by atoms with Crippen LogP contribution in [0.1, 0.15) is 55.6 Å². The summed E-state index contributed by atoms with van der Waals surface area (Å²) in [7, 11) is 18.0. The van der Waals surface area contributed by atoms with Gasteiger partial charge in [0.15, 0.2) is 0 Å². The van der Waals surface area contributed by atoms with E-state index in [0.717, 1.165) is 10.9 Å². The molecule has 0 nitrogen and oxygen atoms in total. The summed E-state index contributed by atoms with van der Waals surface area (Å²) in [6, 6.07) is 21.7. The second-order valence-corrected chi connectivity index (χ2v) is 28.1. The van der Waals surface area contributed by atoms with Crippen molar-refractivity contribution < 1.29 is 0 Å². The molecule has 2 aromatic carbocycles. The van der Waals surface area contributed by atoms with Gasteiger partial charge >= 0.3 is 162 Å². The molecular formula is C20H25Cl3Sn. The molecule has 0 amide bonds. The summed E-state index contributed by atoms with van der Waals surface area (Å²) in [5.74, 6) is 0.491. The van der Waals surface area contributed by atoms with Crippen molar-refractivity contribution in [3.63, 3.8) is 0 Å². The molecular weight excluding hydrogens is 465 g/mol. The summed E-state index contributed by atoms with van der Waals surface area (Å²) in [5, 5.41) is 0. The Bertz CT molecular complexity index is 527. The molecule has 0 fully saturated rings. The van der Waals surface area contributed by atoms with E-state index in [2.05, 4.69) is 60.7 Å². The SMILES string of the molecule is [Cl][Sn]([Cl])([Cl])[CH2]CCCCCCC(c1ccccc1)c1ccccc1. The molecule has 4 heteroatoms. The molecule has 2 aromatic rings. The first-order chi connectivity index (χ1) is 11.6. The van der Waals surface area contributed by atoms with Gasteiger partial charge in [0.2, 0.25) is 0 Å². The molecule has 130 valence electrons. The standard InChI is InChI=1S/C20H25.3ClH.Sn/c1-2-3-4-5-12-17-20(18-13-8-6-9-14-18)19-15-10-7-11-16-19;;;;/h6-11,13-16,20H,1-5,12,17H2;3*1H;/q;;;;+3/p-3. The van der Waals surface area contributed by atoms with Crippen molar-refractivity contribution in [3.05, 3.63) is 71.8 Å². The fraction of sp³-hybridized carbons (Fsp3) is 0.400. The van der Waals surface area contributed by atoms with Gasteiger partial charge in [0.05, 0.1) is 0 Å². The topological polar surface area (TPSA) is 0 Å². The van der Waals surface area contributed by atoms with Crippen LogP contribution >= 0.6 is 26.8 Å². The van der Waals surface area contributed by atoms with Crippen molar-refractivity contribution >= 4 is 41.8 Å². The zero-order valence-electron chi connectivity index (χ0n) is 13.9. The van der Waals surface area contributed by atoms with Gasteiger partial charge in [-0.25, -0.2) is 0 Å². The van der Waals surface area contributed by atoms with E-state index < -0.39 is 15.0 Å². The summed E-state index contributed by atoms with van der Waals surface area (Å²) in [4.78, 5) is 0. The van der Waals surface area contributed by atoms with Crippen LogP contribution in [0, 0.1) is 0 Å². The van der Waals surface area contributed by atoms with Crippen molar-refractivity contribution in [1.29, 1.82) is 0 Å². The summed E-state index contributed by atoms with van der Waals surface area (Å²) in [6.07, 6.45) is 7.19. The van der Waals surface area contributed by atoms with Crippen molar-refractivity contribution in [3.8, 4) is 0 Å². The number of benzene rings is 2. The number of hydrogen-bond acceptors (Lipinski definition) is 0. The summed E-state index contributed by atoms with van der Waals surface area (Å²) in [6.45, 7) is 0. The van der Waals surface area contributed by atoms with Gasteiger partial charge in [-0.05, 0) is 0 Å². The molecule has 0 unspecified atom stereocenters. The van der Waals surface area contributed by atoms with E-state index in [9.17, 15) is 0 Å². The molecule has 0 aliphatic carbocycles. The molecule has 0 aliphatic heterocycles. The van der Waals surface area contributed by atoms with Crippen molar-refractivity contribution in [1.82, 2.24) is 0 Å². The Morgan fingerprint density at radius 2 is 1.08 bits per heavy atom. The quantitative estimate of drug-likeness (QED) is 0.235. The molecule has 24 heavy (non-hydrogen) atoms. The van der Waals surface area contributed by atoms with Crippen molar-refractivity contribution in [2.75, 3.05) is 0 Å². The summed E-state index contributed by atoms with van der Waals surface area (Å²) < 4.78 is 0.857. The second-order valence-electron chi connectivity index (χ2n) is 6.30. The predicted molar refractivity (Wildman–Crippen MR) is 111 cm³/mol. The van der Waals surface area contributed by atoms with E-state index in [0.29, 0.717) is 5.92 Å². The first-order valence-electron chi connectivity index (χ1n) is 8.73. The fourth-order valence-electron chi connectivity index (χ4n) is 3.10. The molecule has 0 N–H and O–H groups in total. The molecule has 0 radical (unpaired) electrons. The molecule has 0 bridgehead atoms. The van der Waals surface area contributed by atoms with Gasteiger partial charge in [0.1, 0.15) is 0 Å². The minimum absolute atomic E-state index is 0.491. The van der Waals surface area contributed by atoms with Gasteiger partial charge in [-0.3, -0.25) is 0 Å². The third-order valence-corrected chi connectivity index (χ3v) is 10.8. The number of rotatable bonds is 10.